The fourth-order valence-electron chi connectivity index (χ4n) is 2.84. The number of Topliss-reactive ketones (excluding diaryl/α,β-unsaturated/α-hetero) is 1. The van der Waals surface area contributed by atoms with Gasteiger partial charge in [-0.05, 0) is 18.8 Å². The summed E-state index contributed by atoms with van der Waals surface area (Å²) in [6.45, 7) is 2.13. The number of ketones is 1. The Balaban J connectivity index is 2.44. The van der Waals surface area contributed by atoms with E-state index in [1.165, 1.54) is 0 Å². The molecule has 0 bridgehead atoms. The Morgan fingerprint density at radius 1 is 1.39 bits per heavy atom. The van der Waals surface area contributed by atoms with Crippen LogP contribution in [-0.2, 0) is 9.59 Å². The first kappa shape index (κ1) is 19.4. The molecule has 0 amide bonds. The summed E-state index contributed by atoms with van der Waals surface area (Å²) in [5.41, 5.74) is 0. The lowest BCUT2D eigenvalue weighted by Gasteiger charge is -2.12. The maximum atomic E-state index is 12.0. The molecule has 0 saturated heterocycles. The smallest absolute Gasteiger partial charge is 0.304 e. The molecule has 128 valence electrons. The monoisotopic (exact) mass is 320 g/mol. The quantitative estimate of drug-likeness (QED) is 0.388. The van der Waals surface area contributed by atoms with Crippen LogP contribution in [0.15, 0.2) is 12.2 Å². The standard InChI is InChI=1S/C19H28O4/c1-2-3-5-8-16(20)13-11-15-12-14-18(21)17(15)9-6-4-7-10-19(22)23/h11,13,15-17,20H,2-3,5,7-10,12,14H2,1H3,(H,22,23). The van der Waals surface area contributed by atoms with E-state index < -0.39 is 12.1 Å². The average molecular weight is 320 g/mol. The Bertz CT molecular complexity index is 469. The minimum absolute atomic E-state index is 0.0406. The number of allylic oxidation sites excluding steroid dienone is 1. The third kappa shape index (κ3) is 7.99. The van der Waals surface area contributed by atoms with Crippen LogP contribution >= 0.6 is 0 Å². The first-order valence-corrected chi connectivity index (χ1v) is 8.61. The van der Waals surface area contributed by atoms with E-state index in [1.807, 2.05) is 12.2 Å². The van der Waals surface area contributed by atoms with Crippen LogP contribution in [0.3, 0.4) is 0 Å². The molecule has 1 saturated carbocycles. The molecule has 4 heteroatoms. The number of carbonyl (C=O) groups is 2. The van der Waals surface area contributed by atoms with E-state index in [1.54, 1.807) is 0 Å². The number of rotatable bonds is 9. The van der Waals surface area contributed by atoms with Crippen molar-refractivity contribution in [3.05, 3.63) is 12.2 Å². The second-order valence-electron chi connectivity index (χ2n) is 6.17. The molecule has 0 aromatic rings. The second-order valence-corrected chi connectivity index (χ2v) is 6.17. The fraction of sp³-hybridized carbons (Fsp3) is 0.684. The summed E-state index contributed by atoms with van der Waals surface area (Å²) in [4.78, 5) is 22.4. The van der Waals surface area contributed by atoms with Crippen LogP contribution in [0.4, 0.5) is 0 Å². The Kier molecular flexibility index (Phi) is 9.31. The number of carbonyl (C=O) groups excluding carboxylic acids is 1. The van der Waals surface area contributed by atoms with Crippen LogP contribution in [0, 0.1) is 23.7 Å². The van der Waals surface area contributed by atoms with Crippen molar-refractivity contribution in [2.45, 2.75) is 70.8 Å². The molecule has 3 atom stereocenters. The van der Waals surface area contributed by atoms with Gasteiger partial charge < -0.3 is 10.2 Å². The van der Waals surface area contributed by atoms with Crippen LogP contribution in [-0.4, -0.2) is 28.1 Å². The lowest BCUT2D eigenvalue weighted by Crippen LogP contribution is -2.13. The maximum Gasteiger partial charge on any atom is 0.304 e. The number of hydrogen-bond acceptors (Lipinski definition) is 3. The summed E-state index contributed by atoms with van der Waals surface area (Å²) in [7, 11) is 0. The van der Waals surface area contributed by atoms with Gasteiger partial charge in [-0.25, -0.2) is 0 Å². The molecule has 0 aliphatic heterocycles. The fourth-order valence-corrected chi connectivity index (χ4v) is 2.84. The highest BCUT2D eigenvalue weighted by Gasteiger charge is 2.32. The molecule has 0 radical (unpaired) electrons. The molecule has 4 nitrogen and oxygen atoms in total. The predicted molar refractivity (Wildman–Crippen MR) is 89.8 cm³/mol. The van der Waals surface area contributed by atoms with Gasteiger partial charge >= 0.3 is 5.97 Å². The first-order valence-electron chi connectivity index (χ1n) is 8.61. The number of carboxylic acid groups (broad SMARTS) is 1. The van der Waals surface area contributed by atoms with Crippen molar-refractivity contribution in [3.8, 4) is 11.8 Å². The number of aliphatic hydroxyl groups is 1. The van der Waals surface area contributed by atoms with E-state index in [9.17, 15) is 14.7 Å². The molecule has 0 spiro atoms. The van der Waals surface area contributed by atoms with E-state index in [4.69, 9.17) is 5.11 Å². The minimum Gasteiger partial charge on any atom is -0.481 e. The van der Waals surface area contributed by atoms with E-state index in [0.29, 0.717) is 19.3 Å². The van der Waals surface area contributed by atoms with Gasteiger partial charge in [0.05, 0.1) is 12.5 Å². The van der Waals surface area contributed by atoms with E-state index in [2.05, 4.69) is 18.8 Å². The van der Waals surface area contributed by atoms with Gasteiger partial charge in [0.15, 0.2) is 0 Å². The highest BCUT2D eigenvalue weighted by Crippen LogP contribution is 2.32. The highest BCUT2D eigenvalue weighted by atomic mass is 16.4. The molecule has 1 aliphatic rings. The zero-order valence-corrected chi connectivity index (χ0v) is 14.0. The molecule has 23 heavy (non-hydrogen) atoms. The normalized spacial score (nSPS) is 22.1. The zero-order valence-electron chi connectivity index (χ0n) is 14.0. The zero-order chi connectivity index (χ0) is 17.1. The Hall–Kier alpha value is -1.60. The molecule has 3 unspecified atom stereocenters. The van der Waals surface area contributed by atoms with Gasteiger partial charge in [0.1, 0.15) is 5.78 Å². The van der Waals surface area contributed by atoms with Crippen molar-refractivity contribution in [3.63, 3.8) is 0 Å². The van der Waals surface area contributed by atoms with Crippen molar-refractivity contribution in [2.24, 2.45) is 11.8 Å². The van der Waals surface area contributed by atoms with Gasteiger partial charge in [-0.3, -0.25) is 9.59 Å². The SMILES string of the molecule is CCCCCC(O)C=CC1CCC(=O)C1CC#CCCC(=O)O. The van der Waals surface area contributed by atoms with Crippen LogP contribution in [0.1, 0.15) is 64.7 Å². The van der Waals surface area contributed by atoms with Crippen molar-refractivity contribution in [1.29, 1.82) is 0 Å². The topological polar surface area (TPSA) is 74.6 Å². The molecule has 0 aromatic heterocycles. The van der Waals surface area contributed by atoms with Gasteiger partial charge in [0.25, 0.3) is 0 Å². The summed E-state index contributed by atoms with van der Waals surface area (Å²) in [5.74, 6) is 5.19. The third-order valence-corrected chi connectivity index (χ3v) is 4.25. The summed E-state index contributed by atoms with van der Waals surface area (Å²) >= 11 is 0. The summed E-state index contributed by atoms with van der Waals surface area (Å²) < 4.78 is 0. The largest absolute Gasteiger partial charge is 0.481 e. The summed E-state index contributed by atoms with van der Waals surface area (Å²) in [6.07, 6.45) is 9.66. The predicted octanol–water partition coefficient (Wildman–Crippen LogP) is 3.34. The van der Waals surface area contributed by atoms with Crippen molar-refractivity contribution in [2.75, 3.05) is 0 Å². The molecular weight excluding hydrogens is 292 g/mol. The van der Waals surface area contributed by atoms with Gasteiger partial charge in [-0.15, -0.1) is 11.8 Å². The van der Waals surface area contributed by atoms with Crippen molar-refractivity contribution >= 4 is 11.8 Å². The molecule has 0 heterocycles. The molecule has 1 aliphatic carbocycles. The van der Waals surface area contributed by atoms with E-state index in [0.717, 1.165) is 32.1 Å². The van der Waals surface area contributed by atoms with Crippen LogP contribution in [0.25, 0.3) is 0 Å². The Morgan fingerprint density at radius 2 is 2.17 bits per heavy atom. The molecule has 0 aromatic carbocycles. The third-order valence-electron chi connectivity index (χ3n) is 4.25. The molecular formula is C19H28O4. The maximum absolute atomic E-state index is 12.0. The summed E-state index contributed by atoms with van der Waals surface area (Å²) in [5, 5.41) is 18.5. The van der Waals surface area contributed by atoms with Crippen molar-refractivity contribution in [1.82, 2.24) is 0 Å². The first-order chi connectivity index (χ1) is 11.0. The summed E-state index contributed by atoms with van der Waals surface area (Å²) in [6, 6.07) is 0. The van der Waals surface area contributed by atoms with Gasteiger partial charge in [-0.1, -0.05) is 38.3 Å². The second kappa shape index (κ2) is 11.0. The van der Waals surface area contributed by atoms with Crippen LogP contribution in [0.2, 0.25) is 0 Å². The van der Waals surface area contributed by atoms with Gasteiger partial charge in [0, 0.05) is 25.2 Å². The number of carboxylic acids is 1. The number of aliphatic hydroxyl groups excluding tert-OH is 1. The van der Waals surface area contributed by atoms with E-state index in [-0.39, 0.29) is 24.0 Å². The van der Waals surface area contributed by atoms with Crippen LogP contribution < -0.4 is 0 Å². The average Bonchev–Trinajstić information content (AvgIpc) is 2.85. The number of unbranched alkanes of at least 4 members (excludes halogenated alkanes) is 2. The Labute approximate surface area is 139 Å². The molecule has 1 rings (SSSR count). The molecule has 2 N–H and O–H groups in total. The van der Waals surface area contributed by atoms with Crippen molar-refractivity contribution < 1.29 is 19.8 Å². The van der Waals surface area contributed by atoms with Gasteiger partial charge in [-0.2, -0.15) is 0 Å². The highest BCUT2D eigenvalue weighted by molar-refractivity contribution is 5.84. The lowest BCUT2D eigenvalue weighted by molar-refractivity contribution is -0.136. The van der Waals surface area contributed by atoms with Gasteiger partial charge in [0.2, 0.25) is 0 Å². The number of aliphatic carboxylic acids is 1. The molecule has 1 fully saturated rings. The van der Waals surface area contributed by atoms with E-state index >= 15 is 0 Å². The lowest BCUT2D eigenvalue weighted by atomic mass is 9.91. The Morgan fingerprint density at radius 3 is 2.87 bits per heavy atom. The number of hydrogen-bond donors (Lipinski definition) is 2. The van der Waals surface area contributed by atoms with Crippen LogP contribution in [0.5, 0.6) is 0 Å². The minimum atomic E-state index is -0.853.